The van der Waals surface area contributed by atoms with Crippen LogP contribution in [-0.4, -0.2) is 72.7 Å². The van der Waals surface area contributed by atoms with E-state index >= 15 is 0 Å². The van der Waals surface area contributed by atoms with Crippen molar-refractivity contribution in [1.82, 2.24) is 14.8 Å². The van der Waals surface area contributed by atoms with Gasteiger partial charge in [-0.15, -0.1) is 0 Å². The monoisotopic (exact) mass is 359 g/mol. The second-order valence-corrected chi connectivity index (χ2v) is 8.13. The Hall–Kier alpha value is -1.50. The van der Waals surface area contributed by atoms with Gasteiger partial charge in [0.2, 0.25) is 5.91 Å². The molecule has 6 heteroatoms. The van der Waals surface area contributed by atoms with E-state index in [4.69, 9.17) is 9.47 Å². The second kappa shape index (κ2) is 7.62. The minimum absolute atomic E-state index is 0.0840. The topological polar surface area (TPSA) is 54.9 Å². The Bertz CT molecular complexity index is 612. The molecule has 26 heavy (non-hydrogen) atoms. The van der Waals surface area contributed by atoms with E-state index in [0.717, 1.165) is 45.7 Å². The van der Waals surface area contributed by atoms with Gasteiger partial charge in [0.1, 0.15) is 0 Å². The van der Waals surface area contributed by atoms with Gasteiger partial charge in [-0.3, -0.25) is 14.7 Å². The number of piperidine rings is 1. The van der Waals surface area contributed by atoms with Crippen molar-refractivity contribution < 1.29 is 14.3 Å². The van der Waals surface area contributed by atoms with Crippen molar-refractivity contribution in [3.05, 3.63) is 30.1 Å². The third kappa shape index (κ3) is 3.63. The van der Waals surface area contributed by atoms with Crippen LogP contribution in [0.1, 0.15) is 24.8 Å². The molecule has 4 heterocycles. The van der Waals surface area contributed by atoms with E-state index in [1.54, 1.807) is 12.4 Å². The number of hydrogen-bond donors (Lipinski definition) is 0. The number of pyridine rings is 1. The molecular formula is C20H29N3O3. The van der Waals surface area contributed by atoms with E-state index in [2.05, 4.69) is 16.9 Å². The molecule has 6 nitrogen and oxygen atoms in total. The van der Waals surface area contributed by atoms with Crippen molar-refractivity contribution in [1.29, 1.82) is 0 Å². The van der Waals surface area contributed by atoms with Gasteiger partial charge in [-0.25, -0.2) is 0 Å². The SMILES string of the molecule is CN1CCC(COCc2ccncc2)CC12CN(C(=O)C1CCOC1)C2. The van der Waals surface area contributed by atoms with Crippen LogP contribution in [0.4, 0.5) is 0 Å². The first kappa shape index (κ1) is 17.9. The molecule has 1 aromatic rings. The van der Waals surface area contributed by atoms with Crippen molar-refractivity contribution in [3.8, 4) is 0 Å². The average Bonchev–Trinajstić information content (AvgIpc) is 3.16. The summed E-state index contributed by atoms with van der Waals surface area (Å²) in [6, 6.07) is 4.00. The quantitative estimate of drug-likeness (QED) is 0.799. The number of carbonyl (C=O) groups excluding carboxylic acids is 1. The first-order chi connectivity index (χ1) is 12.7. The lowest BCUT2D eigenvalue weighted by Gasteiger charge is -2.59. The van der Waals surface area contributed by atoms with Gasteiger partial charge in [-0.2, -0.15) is 0 Å². The maximum atomic E-state index is 12.6. The number of likely N-dealkylation sites (N-methyl/N-ethyl adjacent to an activating group) is 1. The Labute approximate surface area is 155 Å². The summed E-state index contributed by atoms with van der Waals surface area (Å²) < 4.78 is 11.3. The Balaban J connectivity index is 1.26. The maximum Gasteiger partial charge on any atom is 0.228 e. The summed E-state index contributed by atoms with van der Waals surface area (Å²) in [5, 5.41) is 0. The molecule has 0 N–H and O–H groups in total. The first-order valence-corrected chi connectivity index (χ1v) is 9.71. The van der Waals surface area contributed by atoms with Crippen molar-refractivity contribution in [2.24, 2.45) is 11.8 Å². The molecule has 0 radical (unpaired) electrons. The Morgan fingerprint density at radius 1 is 1.35 bits per heavy atom. The molecule has 142 valence electrons. The summed E-state index contributed by atoms with van der Waals surface area (Å²) in [4.78, 5) is 21.1. The maximum absolute atomic E-state index is 12.6. The van der Waals surface area contributed by atoms with Crippen molar-refractivity contribution in [2.45, 2.75) is 31.4 Å². The third-order valence-electron chi connectivity index (χ3n) is 6.28. The Morgan fingerprint density at radius 3 is 2.88 bits per heavy atom. The summed E-state index contributed by atoms with van der Waals surface area (Å²) in [7, 11) is 2.20. The number of likely N-dealkylation sites (tertiary alicyclic amines) is 2. The van der Waals surface area contributed by atoms with Crippen LogP contribution < -0.4 is 0 Å². The zero-order valence-electron chi connectivity index (χ0n) is 15.6. The fourth-order valence-electron chi connectivity index (χ4n) is 4.55. The van der Waals surface area contributed by atoms with E-state index in [9.17, 15) is 4.79 Å². The smallest absolute Gasteiger partial charge is 0.228 e. The van der Waals surface area contributed by atoms with Gasteiger partial charge >= 0.3 is 0 Å². The largest absolute Gasteiger partial charge is 0.381 e. The molecule has 3 aliphatic rings. The van der Waals surface area contributed by atoms with Crippen molar-refractivity contribution in [3.63, 3.8) is 0 Å². The van der Waals surface area contributed by atoms with Crippen LogP contribution in [0.25, 0.3) is 0 Å². The highest BCUT2D eigenvalue weighted by Gasteiger charge is 2.51. The highest BCUT2D eigenvalue weighted by molar-refractivity contribution is 5.80. The summed E-state index contributed by atoms with van der Waals surface area (Å²) in [5.41, 5.74) is 1.32. The molecular weight excluding hydrogens is 330 g/mol. The van der Waals surface area contributed by atoms with Crippen LogP contribution in [0, 0.1) is 11.8 Å². The highest BCUT2D eigenvalue weighted by atomic mass is 16.5. The predicted molar refractivity (Wildman–Crippen MR) is 97.5 cm³/mol. The van der Waals surface area contributed by atoms with Crippen LogP contribution in [-0.2, 0) is 20.9 Å². The van der Waals surface area contributed by atoms with Gasteiger partial charge < -0.3 is 14.4 Å². The van der Waals surface area contributed by atoms with E-state index < -0.39 is 0 Å². The fraction of sp³-hybridized carbons (Fsp3) is 0.700. The van der Waals surface area contributed by atoms with Gasteiger partial charge in [0.15, 0.2) is 0 Å². The van der Waals surface area contributed by atoms with Crippen LogP contribution >= 0.6 is 0 Å². The fourth-order valence-corrected chi connectivity index (χ4v) is 4.55. The molecule has 0 bridgehead atoms. The standard InChI is InChI=1S/C20H29N3O3/c1-22-8-4-17(12-26-11-16-2-6-21-7-3-16)10-20(22)14-23(15-20)19(24)18-5-9-25-13-18/h2-3,6-7,17-18H,4-5,8-15H2,1H3. The van der Waals surface area contributed by atoms with E-state index in [1.807, 2.05) is 17.0 Å². The third-order valence-corrected chi connectivity index (χ3v) is 6.28. The lowest BCUT2D eigenvalue weighted by atomic mass is 9.75. The number of aromatic nitrogens is 1. The van der Waals surface area contributed by atoms with E-state index in [1.165, 1.54) is 12.0 Å². The normalized spacial score (nSPS) is 28.3. The van der Waals surface area contributed by atoms with Gasteiger partial charge in [0.25, 0.3) is 0 Å². The van der Waals surface area contributed by atoms with Gasteiger partial charge in [0.05, 0.1) is 24.7 Å². The predicted octanol–water partition coefficient (Wildman–Crippen LogP) is 1.56. The van der Waals surface area contributed by atoms with Gasteiger partial charge in [0, 0.05) is 38.7 Å². The Morgan fingerprint density at radius 2 is 2.15 bits per heavy atom. The van der Waals surface area contributed by atoms with Crippen LogP contribution in [0.15, 0.2) is 24.5 Å². The number of amides is 1. The van der Waals surface area contributed by atoms with E-state index in [-0.39, 0.29) is 17.4 Å². The number of nitrogens with zero attached hydrogens (tertiary/aromatic N) is 3. The number of hydrogen-bond acceptors (Lipinski definition) is 5. The zero-order valence-corrected chi connectivity index (χ0v) is 15.6. The summed E-state index contributed by atoms with van der Waals surface area (Å²) in [5.74, 6) is 0.943. The van der Waals surface area contributed by atoms with Crippen LogP contribution in [0.2, 0.25) is 0 Å². The molecule has 2 atom stereocenters. The summed E-state index contributed by atoms with van der Waals surface area (Å²) in [6.45, 7) is 5.57. The van der Waals surface area contributed by atoms with Crippen molar-refractivity contribution in [2.75, 3.05) is 46.5 Å². The zero-order chi connectivity index (χ0) is 18.0. The van der Waals surface area contributed by atoms with Crippen molar-refractivity contribution >= 4 is 5.91 Å². The van der Waals surface area contributed by atoms with Gasteiger partial charge in [-0.05, 0) is 56.5 Å². The molecule has 0 aliphatic carbocycles. The summed E-state index contributed by atoms with van der Waals surface area (Å²) in [6.07, 6.45) is 6.77. The first-order valence-electron chi connectivity index (χ1n) is 9.71. The van der Waals surface area contributed by atoms with Crippen LogP contribution in [0.5, 0.6) is 0 Å². The Kier molecular flexibility index (Phi) is 5.25. The highest BCUT2D eigenvalue weighted by Crippen LogP contribution is 2.39. The number of ether oxygens (including phenoxy) is 2. The second-order valence-electron chi connectivity index (χ2n) is 8.13. The van der Waals surface area contributed by atoms with E-state index in [0.29, 0.717) is 19.1 Å². The molecule has 1 amide bonds. The molecule has 4 rings (SSSR count). The molecule has 2 unspecified atom stereocenters. The van der Waals surface area contributed by atoms with Crippen LogP contribution in [0.3, 0.4) is 0 Å². The molecule has 3 saturated heterocycles. The minimum Gasteiger partial charge on any atom is -0.381 e. The number of rotatable bonds is 5. The molecule has 0 aromatic carbocycles. The summed E-state index contributed by atoms with van der Waals surface area (Å²) >= 11 is 0. The average molecular weight is 359 g/mol. The minimum atomic E-state index is 0.0840. The lowest BCUT2D eigenvalue weighted by Crippen LogP contribution is -2.73. The van der Waals surface area contributed by atoms with Gasteiger partial charge in [-0.1, -0.05) is 0 Å². The lowest BCUT2D eigenvalue weighted by molar-refractivity contribution is -0.155. The molecule has 1 spiro atoms. The molecule has 3 aliphatic heterocycles. The molecule has 3 fully saturated rings. The molecule has 0 saturated carbocycles. The molecule has 1 aromatic heterocycles. The number of carbonyl (C=O) groups is 1.